The lowest BCUT2D eigenvalue weighted by Crippen LogP contribution is -2.14. The minimum absolute atomic E-state index is 0.0118. The highest BCUT2D eigenvalue weighted by Crippen LogP contribution is 2.30. The molecule has 0 unspecified atom stereocenters. The maximum absolute atomic E-state index is 11.9. The van der Waals surface area contributed by atoms with Crippen LogP contribution >= 0.6 is 0 Å². The molecule has 1 N–H and O–H groups in total. The van der Waals surface area contributed by atoms with Crippen LogP contribution < -0.4 is 5.32 Å². The van der Waals surface area contributed by atoms with Gasteiger partial charge < -0.3 is 4.74 Å². The molecule has 0 spiro atoms. The van der Waals surface area contributed by atoms with Crippen molar-refractivity contribution in [1.29, 1.82) is 0 Å². The molecule has 1 aliphatic carbocycles. The Kier molecular flexibility index (Phi) is 4.19. The monoisotopic (exact) mass is 336 g/mol. The lowest BCUT2D eigenvalue weighted by molar-refractivity contribution is -0.117. The molecule has 6 heteroatoms. The van der Waals surface area contributed by atoms with Gasteiger partial charge in [0.25, 0.3) is 0 Å². The molecule has 25 heavy (non-hydrogen) atoms. The van der Waals surface area contributed by atoms with Crippen LogP contribution in [0.2, 0.25) is 0 Å². The van der Waals surface area contributed by atoms with Crippen LogP contribution in [0.4, 0.5) is 5.95 Å². The van der Waals surface area contributed by atoms with Crippen LogP contribution in [0, 0.1) is 5.92 Å². The Labute approximate surface area is 145 Å². The Morgan fingerprint density at radius 1 is 1.24 bits per heavy atom. The highest BCUT2D eigenvalue weighted by Gasteiger charge is 2.30. The number of amides is 1. The van der Waals surface area contributed by atoms with Gasteiger partial charge in [0.2, 0.25) is 11.9 Å². The van der Waals surface area contributed by atoms with Crippen LogP contribution in [0.25, 0.3) is 16.9 Å². The van der Waals surface area contributed by atoms with Gasteiger partial charge in [-0.25, -0.2) is 4.52 Å². The van der Waals surface area contributed by atoms with E-state index in [0.717, 1.165) is 29.7 Å². The number of hydrogen-bond donors (Lipinski definition) is 1. The molecule has 1 amide bonds. The first kappa shape index (κ1) is 15.8. The molecule has 128 valence electrons. The zero-order chi connectivity index (χ0) is 17.2. The topological polar surface area (TPSA) is 68.5 Å². The standard InChI is InChI=1S/C19H20N4O2/c1-2-25-12-13-6-8-14(9-7-13)16-4-3-5-17-20-19(22-23(16)17)21-18(24)15-10-11-15/h3-9,15H,2,10-12H2,1H3,(H,21,22,24). The lowest BCUT2D eigenvalue weighted by Gasteiger charge is -2.06. The van der Waals surface area contributed by atoms with Gasteiger partial charge in [0, 0.05) is 18.1 Å². The van der Waals surface area contributed by atoms with E-state index in [0.29, 0.717) is 24.8 Å². The van der Waals surface area contributed by atoms with Gasteiger partial charge in [-0.05, 0) is 37.5 Å². The number of rotatable bonds is 6. The van der Waals surface area contributed by atoms with Crippen molar-refractivity contribution >= 4 is 17.5 Å². The smallest absolute Gasteiger partial charge is 0.249 e. The first-order chi connectivity index (χ1) is 12.2. The number of nitrogens with zero attached hydrogens (tertiary/aromatic N) is 3. The molecule has 0 bridgehead atoms. The highest BCUT2D eigenvalue weighted by atomic mass is 16.5. The predicted molar refractivity (Wildman–Crippen MR) is 95.1 cm³/mol. The van der Waals surface area contributed by atoms with Gasteiger partial charge in [0.1, 0.15) is 0 Å². The van der Waals surface area contributed by atoms with E-state index in [1.54, 1.807) is 4.52 Å². The summed E-state index contributed by atoms with van der Waals surface area (Å²) < 4.78 is 7.20. The molecule has 2 aromatic heterocycles. The van der Waals surface area contributed by atoms with Crippen LogP contribution in [-0.4, -0.2) is 27.1 Å². The number of carbonyl (C=O) groups excluding carboxylic acids is 1. The van der Waals surface area contributed by atoms with Gasteiger partial charge in [-0.1, -0.05) is 30.3 Å². The minimum atomic E-state index is 0.0118. The number of nitrogens with one attached hydrogen (secondary N) is 1. The summed E-state index contributed by atoms with van der Waals surface area (Å²) in [7, 11) is 0. The maximum Gasteiger partial charge on any atom is 0.249 e. The van der Waals surface area contributed by atoms with Crippen molar-refractivity contribution in [2.45, 2.75) is 26.4 Å². The van der Waals surface area contributed by atoms with Crippen molar-refractivity contribution < 1.29 is 9.53 Å². The fraction of sp³-hybridized carbons (Fsp3) is 0.316. The molecular formula is C19H20N4O2. The first-order valence-electron chi connectivity index (χ1n) is 8.58. The summed E-state index contributed by atoms with van der Waals surface area (Å²) >= 11 is 0. The van der Waals surface area contributed by atoms with Crippen LogP contribution in [0.1, 0.15) is 25.3 Å². The maximum atomic E-state index is 11.9. The van der Waals surface area contributed by atoms with E-state index in [9.17, 15) is 4.79 Å². The molecule has 0 atom stereocenters. The minimum Gasteiger partial charge on any atom is -0.377 e. The molecule has 2 heterocycles. The summed E-state index contributed by atoms with van der Waals surface area (Å²) in [6.45, 7) is 3.30. The predicted octanol–water partition coefficient (Wildman–Crippen LogP) is 3.28. The second-order valence-corrected chi connectivity index (χ2v) is 6.21. The molecular weight excluding hydrogens is 316 g/mol. The summed E-state index contributed by atoms with van der Waals surface area (Å²) in [6, 6.07) is 14.0. The van der Waals surface area contributed by atoms with Gasteiger partial charge in [-0.2, -0.15) is 4.98 Å². The lowest BCUT2D eigenvalue weighted by atomic mass is 10.1. The Morgan fingerprint density at radius 3 is 2.76 bits per heavy atom. The third kappa shape index (κ3) is 3.39. The number of carbonyl (C=O) groups is 1. The number of pyridine rings is 1. The second kappa shape index (κ2) is 6.64. The van der Waals surface area contributed by atoms with E-state index in [-0.39, 0.29) is 11.8 Å². The average Bonchev–Trinajstić information content (AvgIpc) is 3.40. The highest BCUT2D eigenvalue weighted by molar-refractivity contribution is 5.92. The van der Waals surface area contributed by atoms with E-state index in [1.807, 2.05) is 37.3 Å². The Hall–Kier alpha value is -2.73. The van der Waals surface area contributed by atoms with Gasteiger partial charge in [-0.3, -0.25) is 10.1 Å². The summed E-state index contributed by atoms with van der Waals surface area (Å²) in [6.07, 6.45) is 1.91. The number of aromatic nitrogens is 3. The third-order valence-corrected chi connectivity index (χ3v) is 4.27. The molecule has 4 rings (SSSR count). The van der Waals surface area contributed by atoms with E-state index in [1.165, 1.54) is 0 Å². The molecule has 3 aromatic rings. The van der Waals surface area contributed by atoms with E-state index in [4.69, 9.17) is 4.74 Å². The Bertz CT molecular complexity index is 897. The Morgan fingerprint density at radius 2 is 2.04 bits per heavy atom. The Balaban J connectivity index is 1.62. The van der Waals surface area contributed by atoms with Crippen LogP contribution in [0.3, 0.4) is 0 Å². The quantitative estimate of drug-likeness (QED) is 0.750. The summed E-state index contributed by atoms with van der Waals surface area (Å²) in [5.74, 6) is 0.499. The molecule has 6 nitrogen and oxygen atoms in total. The van der Waals surface area contributed by atoms with Crippen molar-refractivity contribution in [3.8, 4) is 11.3 Å². The molecule has 1 fully saturated rings. The number of benzene rings is 1. The van der Waals surface area contributed by atoms with Gasteiger partial charge in [0.15, 0.2) is 5.65 Å². The van der Waals surface area contributed by atoms with Crippen molar-refractivity contribution in [1.82, 2.24) is 14.6 Å². The second-order valence-electron chi connectivity index (χ2n) is 6.21. The molecule has 1 aliphatic rings. The SMILES string of the molecule is CCOCc1ccc(-c2cccc3nc(NC(=O)C4CC4)nn23)cc1. The summed E-state index contributed by atoms with van der Waals surface area (Å²) in [5.41, 5.74) is 3.81. The van der Waals surface area contributed by atoms with Crippen molar-refractivity contribution in [3.05, 3.63) is 48.0 Å². The number of fused-ring (bicyclic) bond motifs is 1. The zero-order valence-electron chi connectivity index (χ0n) is 14.1. The van der Waals surface area contributed by atoms with Crippen molar-refractivity contribution in [2.75, 3.05) is 11.9 Å². The van der Waals surface area contributed by atoms with Crippen LogP contribution in [-0.2, 0) is 16.1 Å². The number of ether oxygens (including phenoxy) is 1. The van der Waals surface area contributed by atoms with Crippen molar-refractivity contribution in [2.24, 2.45) is 5.92 Å². The molecule has 0 aliphatic heterocycles. The first-order valence-corrected chi connectivity index (χ1v) is 8.58. The summed E-state index contributed by atoms with van der Waals surface area (Å²) in [5, 5.41) is 7.27. The fourth-order valence-corrected chi connectivity index (χ4v) is 2.73. The van der Waals surface area contributed by atoms with E-state index >= 15 is 0 Å². The largest absolute Gasteiger partial charge is 0.377 e. The normalized spacial score (nSPS) is 14.0. The summed E-state index contributed by atoms with van der Waals surface area (Å²) in [4.78, 5) is 16.3. The molecule has 1 saturated carbocycles. The van der Waals surface area contributed by atoms with Crippen molar-refractivity contribution in [3.63, 3.8) is 0 Å². The fourth-order valence-electron chi connectivity index (χ4n) is 2.73. The van der Waals surface area contributed by atoms with Gasteiger partial charge in [-0.15, -0.1) is 5.10 Å². The van der Waals surface area contributed by atoms with Gasteiger partial charge >= 0.3 is 0 Å². The molecule has 1 aromatic carbocycles. The van der Waals surface area contributed by atoms with Gasteiger partial charge in [0.05, 0.1) is 12.3 Å². The number of anilines is 1. The van der Waals surface area contributed by atoms with E-state index < -0.39 is 0 Å². The molecule has 0 saturated heterocycles. The third-order valence-electron chi connectivity index (χ3n) is 4.27. The average molecular weight is 336 g/mol. The van der Waals surface area contributed by atoms with Crippen LogP contribution in [0.15, 0.2) is 42.5 Å². The zero-order valence-corrected chi connectivity index (χ0v) is 14.1. The van der Waals surface area contributed by atoms with Crippen LogP contribution in [0.5, 0.6) is 0 Å². The van der Waals surface area contributed by atoms with E-state index in [2.05, 4.69) is 27.5 Å². The number of hydrogen-bond acceptors (Lipinski definition) is 4. The molecule has 0 radical (unpaired) electrons.